The van der Waals surface area contributed by atoms with E-state index in [9.17, 15) is 0 Å². The summed E-state index contributed by atoms with van der Waals surface area (Å²) in [5.41, 5.74) is 3.22. The number of rotatable bonds is 3. The zero-order chi connectivity index (χ0) is 14.9. The fraction of sp³-hybridized carbons (Fsp3) is 0.533. The van der Waals surface area contributed by atoms with Crippen LogP contribution in [0.3, 0.4) is 0 Å². The van der Waals surface area contributed by atoms with Crippen LogP contribution in [0, 0.1) is 20.8 Å². The first kappa shape index (κ1) is 14.7. The fourth-order valence-electron chi connectivity index (χ4n) is 2.02. The third-order valence-electron chi connectivity index (χ3n) is 3.01. The van der Waals surface area contributed by atoms with E-state index >= 15 is 0 Å². The zero-order valence-electron chi connectivity index (χ0n) is 13.2. The fourth-order valence-corrected chi connectivity index (χ4v) is 2.02. The van der Waals surface area contributed by atoms with Gasteiger partial charge in [0.15, 0.2) is 0 Å². The van der Waals surface area contributed by atoms with E-state index in [-0.39, 0.29) is 5.54 Å². The van der Waals surface area contributed by atoms with Gasteiger partial charge in [-0.05, 0) is 47.6 Å². The summed E-state index contributed by atoms with van der Waals surface area (Å²) in [5.74, 6) is 1.68. The Morgan fingerprint density at radius 3 is 2.45 bits per heavy atom. The molecule has 0 aliphatic rings. The molecule has 0 aliphatic heterocycles. The van der Waals surface area contributed by atoms with Crippen molar-refractivity contribution in [3.8, 4) is 5.69 Å². The number of aryl methyl sites for hydroxylation is 3. The molecule has 5 nitrogen and oxygen atoms in total. The molecule has 2 rings (SSSR count). The minimum atomic E-state index is 0.0650. The SMILES string of the molecule is Cc1cc(-n2nc(C)nc2C)c(CNC(C)(C)C)cn1. The smallest absolute Gasteiger partial charge is 0.148 e. The summed E-state index contributed by atoms with van der Waals surface area (Å²) in [6.07, 6.45) is 1.92. The van der Waals surface area contributed by atoms with Crippen LogP contribution in [0.4, 0.5) is 0 Å². The van der Waals surface area contributed by atoms with Crippen molar-refractivity contribution in [2.24, 2.45) is 0 Å². The van der Waals surface area contributed by atoms with Gasteiger partial charge in [-0.1, -0.05) is 0 Å². The molecule has 2 aromatic rings. The molecular weight excluding hydrogens is 250 g/mol. The number of hydrogen-bond donors (Lipinski definition) is 1. The molecule has 0 aliphatic carbocycles. The molecule has 2 heterocycles. The monoisotopic (exact) mass is 273 g/mol. The molecular formula is C15H23N5. The lowest BCUT2D eigenvalue weighted by Gasteiger charge is -2.21. The maximum Gasteiger partial charge on any atom is 0.148 e. The van der Waals surface area contributed by atoms with Crippen LogP contribution < -0.4 is 5.32 Å². The van der Waals surface area contributed by atoms with Crippen molar-refractivity contribution in [2.75, 3.05) is 0 Å². The third-order valence-corrected chi connectivity index (χ3v) is 3.01. The Morgan fingerprint density at radius 1 is 1.20 bits per heavy atom. The number of nitrogens with one attached hydrogen (secondary N) is 1. The molecule has 108 valence electrons. The second-order valence-electron chi connectivity index (χ2n) is 6.18. The van der Waals surface area contributed by atoms with E-state index in [1.54, 1.807) is 0 Å². The van der Waals surface area contributed by atoms with Crippen LogP contribution in [-0.4, -0.2) is 25.3 Å². The van der Waals surface area contributed by atoms with Gasteiger partial charge in [0.1, 0.15) is 11.6 Å². The minimum absolute atomic E-state index is 0.0650. The predicted molar refractivity (Wildman–Crippen MR) is 80.0 cm³/mol. The summed E-state index contributed by atoms with van der Waals surface area (Å²) < 4.78 is 1.89. The van der Waals surface area contributed by atoms with Gasteiger partial charge in [0.25, 0.3) is 0 Å². The Balaban J connectivity index is 2.41. The molecule has 0 radical (unpaired) electrons. The number of pyridine rings is 1. The van der Waals surface area contributed by atoms with Gasteiger partial charge >= 0.3 is 0 Å². The van der Waals surface area contributed by atoms with E-state index in [0.29, 0.717) is 0 Å². The summed E-state index contributed by atoms with van der Waals surface area (Å²) in [6.45, 7) is 13.1. The Kier molecular flexibility index (Phi) is 3.90. The van der Waals surface area contributed by atoms with Gasteiger partial charge in [0.2, 0.25) is 0 Å². The van der Waals surface area contributed by atoms with E-state index in [1.807, 2.05) is 31.6 Å². The van der Waals surface area contributed by atoms with Crippen molar-refractivity contribution >= 4 is 0 Å². The standard InChI is InChI=1S/C15H23N5/c1-10-7-14(20-12(3)18-11(2)19-20)13(8-16-10)9-17-15(4,5)6/h7-8,17H,9H2,1-6H3. The lowest BCUT2D eigenvalue weighted by molar-refractivity contribution is 0.423. The molecule has 0 aromatic carbocycles. The number of hydrogen-bond acceptors (Lipinski definition) is 4. The molecule has 0 bridgehead atoms. The van der Waals surface area contributed by atoms with Crippen LogP contribution >= 0.6 is 0 Å². The van der Waals surface area contributed by atoms with Crippen molar-refractivity contribution in [2.45, 2.75) is 53.6 Å². The average Bonchev–Trinajstić information content (AvgIpc) is 2.65. The molecule has 5 heteroatoms. The Hall–Kier alpha value is -1.75. The van der Waals surface area contributed by atoms with Crippen molar-refractivity contribution < 1.29 is 0 Å². The van der Waals surface area contributed by atoms with Crippen LogP contribution in [-0.2, 0) is 6.54 Å². The predicted octanol–water partition coefficient (Wildman–Crippen LogP) is 2.48. The molecule has 0 spiro atoms. The Bertz CT molecular complexity index is 607. The van der Waals surface area contributed by atoms with Crippen molar-refractivity contribution in [1.29, 1.82) is 0 Å². The quantitative estimate of drug-likeness (QED) is 0.933. The highest BCUT2D eigenvalue weighted by atomic mass is 15.3. The maximum atomic E-state index is 4.48. The highest BCUT2D eigenvalue weighted by Crippen LogP contribution is 2.17. The third kappa shape index (κ3) is 3.42. The first-order valence-corrected chi connectivity index (χ1v) is 6.87. The molecule has 0 saturated carbocycles. The highest BCUT2D eigenvalue weighted by molar-refractivity contribution is 5.40. The topological polar surface area (TPSA) is 55.6 Å². The molecule has 0 unspecified atom stereocenters. The molecule has 1 N–H and O–H groups in total. The number of nitrogens with zero attached hydrogens (tertiary/aromatic N) is 4. The highest BCUT2D eigenvalue weighted by Gasteiger charge is 2.14. The summed E-state index contributed by atoms with van der Waals surface area (Å²) in [4.78, 5) is 8.78. The van der Waals surface area contributed by atoms with Gasteiger partial charge in [-0.15, -0.1) is 0 Å². The van der Waals surface area contributed by atoms with E-state index < -0.39 is 0 Å². The minimum Gasteiger partial charge on any atom is -0.308 e. The van der Waals surface area contributed by atoms with Crippen LogP contribution in [0.15, 0.2) is 12.3 Å². The Morgan fingerprint density at radius 2 is 1.90 bits per heavy atom. The second-order valence-corrected chi connectivity index (χ2v) is 6.18. The van der Waals surface area contributed by atoms with Crippen LogP contribution in [0.2, 0.25) is 0 Å². The second kappa shape index (κ2) is 5.32. The van der Waals surface area contributed by atoms with Gasteiger partial charge in [-0.2, -0.15) is 5.10 Å². The van der Waals surface area contributed by atoms with Crippen molar-refractivity contribution in [1.82, 2.24) is 25.1 Å². The Labute approximate surface area is 120 Å². The lowest BCUT2D eigenvalue weighted by atomic mass is 10.1. The van der Waals surface area contributed by atoms with Crippen LogP contribution in [0.5, 0.6) is 0 Å². The van der Waals surface area contributed by atoms with E-state index in [1.165, 1.54) is 0 Å². The normalized spacial score (nSPS) is 11.9. The summed E-state index contributed by atoms with van der Waals surface area (Å²) >= 11 is 0. The van der Waals surface area contributed by atoms with Crippen LogP contribution in [0.25, 0.3) is 5.69 Å². The summed E-state index contributed by atoms with van der Waals surface area (Å²) in [7, 11) is 0. The average molecular weight is 273 g/mol. The zero-order valence-corrected chi connectivity index (χ0v) is 13.2. The largest absolute Gasteiger partial charge is 0.308 e. The molecule has 0 saturated heterocycles. The molecule has 0 amide bonds. The number of aromatic nitrogens is 4. The van der Waals surface area contributed by atoms with Crippen molar-refractivity contribution in [3.05, 3.63) is 35.2 Å². The molecule has 2 aromatic heterocycles. The van der Waals surface area contributed by atoms with E-state index in [4.69, 9.17) is 0 Å². The van der Waals surface area contributed by atoms with Crippen molar-refractivity contribution in [3.63, 3.8) is 0 Å². The van der Waals surface area contributed by atoms with Gasteiger partial charge in [-0.25, -0.2) is 9.67 Å². The first-order chi connectivity index (χ1) is 9.26. The van der Waals surface area contributed by atoms with E-state index in [2.05, 4.69) is 47.2 Å². The van der Waals surface area contributed by atoms with Gasteiger partial charge in [-0.3, -0.25) is 4.98 Å². The summed E-state index contributed by atoms with van der Waals surface area (Å²) in [6, 6.07) is 2.06. The first-order valence-electron chi connectivity index (χ1n) is 6.87. The van der Waals surface area contributed by atoms with E-state index in [0.717, 1.165) is 35.1 Å². The van der Waals surface area contributed by atoms with Gasteiger partial charge < -0.3 is 5.32 Å². The lowest BCUT2D eigenvalue weighted by Crippen LogP contribution is -2.35. The maximum absolute atomic E-state index is 4.48. The van der Waals surface area contributed by atoms with Gasteiger partial charge in [0.05, 0.1) is 5.69 Å². The molecule has 0 fully saturated rings. The molecule has 0 atom stereocenters. The van der Waals surface area contributed by atoms with Crippen LogP contribution in [0.1, 0.15) is 43.7 Å². The van der Waals surface area contributed by atoms with Gasteiger partial charge in [0, 0.05) is 29.5 Å². The molecule has 20 heavy (non-hydrogen) atoms. The summed E-state index contributed by atoms with van der Waals surface area (Å²) in [5, 5.41) is 7.97.